The van der Waals surface area contributed by atoms with Gasteiger partial charge in [0.2, 0.25) is 0 Å². The van der Waals surface area contributed by atoms with Gasteiger partial charge in [0.05, 0.1) is 7.82 Å². The molecule has 0 heterocycles. The van der Waals surface area contributed by atoms with Gasteiger partial charge in [-0.05, 0) is 11.0 Å². The van der Waals surface area contributed by atoms with Crippen molar-refractivity contribution in [1.29, 1.82) is 0 Å². The van der Waals surface area contributed by atoms with Crippen LogP contribution in [0.25, 0.3) is 0 Å². The van der Waals surface area contributed by atoms with Crippen LogP contribution in [0.3, 0.4) is 0 Å². The van der Waals surface area contributed by atoms with Crippen molar-refractivity contribution in [2.45, 2.75) is 0 Å². The van der Waals surface area contributed by atoms with E-state index in [1.165, 1.54) is 0 Å². The first-order chi connectivity index (χ1) is 6.00. The van der Waals surface area contributed by atoms with Crippen molar-refractivity contribution in [1.82, 2.24) is 0 Å². The Bertz CT molecular complexity index is 208. The molecule has 0 saturated heterocycles. The van der Waals surface area contributed by atoms with Gasteiger partial charge in [0.15, 0.2) is 0 Å². The van der Waals surface area contributed by atoms with Crippen LogP contribution in [0.15, 0.2) is 0 Å². The monoisotopic (exact) mass is 364 g/mol. The molecular weight excluding hydrogens is 353 g/mol. The molecule has 0 aliphatic carbocycles. The van der Waals surface area contributed by atoms with Gasteiger partial charge < -0.3 is 48.6 Å². The van der Waals surface area contributed by atoms with E-state index in [9.17, 15) is 0 Å². The van der Waals surface area contributed by atoms with Crippen LogP contribution in [0.2, 0.25) is 0 Å². The smallest absolute Gasteiger partial charge is 0.790 e. The molecule has 0 atom stereocenters. The molecule has 0 aromatic rings. The first kappa shape index (κ1) is 31.3. The molecule has 17 heteroatoms. The second-order valence-electron chi connectivity index (χ2n) is 1.50. The minimum Gasteiger partial charge on any atom is -0.790 e. The van der Waals surface area contributed by atoms with Crippen molar-refractivity contribution in [2.75, 3.05) is 0 Å². The van der Waals surface area contributed by atoms with Crippen LogP contribution in [0.4, 0.5) is 0 Å². The third-order valence-corrected chi connectivity index (χ3v) is 0. The average Bonchev–Trinajstić information content (AvgIpc) is 1.41. The molecule has 0 bridgehead atoms. The molecule has 0 aromatic heterocycles. The van der Waals surface area contributed by atoms with Gasteiger partial charge in [-0.3, -0.25) is 0 Å². The molecule has 0 radical (unpaired) electrons. The Morgan fingerprint density at radius 1 is 0.647 bits per heavy atom. The van der Waals surface area contributed by atoms with Crippen LogP contribution in [0, 0.1) is 0 Å². The van der Waals surface area contributed by atoms with Gasteiger partial charge in [0.25, 0.3) is 0 Å². The molecule has 0 amide bonds. The second kappa shape index (κ2) is 12.8. The summed E-state index contributed by atoms with van der Waals surface area (Å²) in [6.45, 7) is 0. The summed E-state index contributed by atoms with van der Waals surface area (Å²) in [4.78, 5) is 67.4. The number of rotatable bonds is 0. The molecular formula is H11CaO12P3Si. The molecule has 12 nitrogen and oxygen atoms in total. The van der Waals surface area contributed by atoms with Gasteiger partial charge in [0.1, 0.15) is 0 Å². The van der Waals surface area contributed by atoms with Gasteiger partial charge in [-0.25, -0.2) is 9.13 Å². The van der Waals surface area contributed by atoms with E-state index in [0.717, 1.165) is 0 Å². The Hall–Kier alpha value is 1.81. The molecule has 0 rings (SSSR count). The molecule has 0 saturated carbocycles. The minimum atomic E-state index is -5.14. The summed E-state index contributed by atoms with van der Waals surface area (Å²) in [5, 5.41) is 0. The van der Waals surface area contributed by atoms with E-state index in [0.29, 0.717) is 0 Å². The van der Waals surface area contributed by atoms with Gasteiger partial charge in [0, 0.05) is 0 Å². The summed E-state index contributed by atoms with van der Waals surface area (Å²) < 4.78 is 26.4. The molecule has 0 fully saturated rings. The fraction of sp³-hybridized carbons (Fsp3) is 0. The Labute approximate surface area is 129 Å². The van der Waals surface area contributed by atoms with Crippen molar-refractivity contribution < 1.29 is 57.7 Å². The van der Waals surface area contributed by atoms with Crippen molar-refractivity contribution in [3.8, 4) is 0 Å². The topological polar surface area (TPSA) is 239 Å². The van der Waals surface area contributed by atoms with Gasteiger partial charge in [-0.1, -0.05) is 0 Å². The number of hydrogen-bond acceptors (Lipinski definition) is 5. The van der Waals surface area contributed by atoms with E-state index in [1.807, 2.05) is 0 Å². The van der Waals surface area contributed by atoms with E-state index in [-0.39, 0.29) is 48.7 Å². The summed E-state index contributed by atoms with van der Waals surface area (Å²) in [7, 11) is -14.4. The minimum absolute atomic E-state index is 0. The summed E-state index contributed by atoms with van der Waals surface area (Å²) in [5.74, 6) is 0. The quantitative estimate of drug-likeness (QED) is 0.157. The van der Waals surface area contributed by atoms with Crippen LogP contribution < -0.4 is 9.79 Å². The fourth-order valence-electron chi connectivity index (χ4n) is 0. The summed E-state index contributed by atoms with van der Waals surface area (Å²) in [6.07, 6.45) is 0. The summed E-state index contributed by atoms with van der Waals surface area (Å²) >= 11 is 0. The molecule has 7 N–H and O–H groups in total. The predicted molar refractivity (Wildman–Crippen MR) is 55.4 cm³/mol. The Balaban J connectivity index is -0.0000000400. The number of hydrogen-bond donors (Lipinski definition) is 7. The van der Waals surface area contributed by atoms with Crippen LogP contribution in [-0.4, -0.2) is 83.0 Å². The fourth-order valence-corrected chi connectivity index (χ4v) is 0. The maximum atomic E-state index is 8.88. The Kier molecular flexibility index (Phi) is 23.6. The third-order valence-electron chi connectivity index (χ3n) is 0. The molecule has 0 aliphatic rings. The summed E-state index contributed by atoms with van der Waals surface area (Å²) in [5.41, 5.74) is 0. The maximum absolute atomic E-state index is 8.88. The van der Waals surface area contributed by atoms with Gasteiger partial charge in [-0.2, -0.15) is 0 Å². The summed E-state index contributed by atoms with van der Waals surface area (Å²) in [6, 6.07) is 0. The SMILES string of the molecule is O=P(O)(O)O.O=P(O)(O)O.O=P([O-])([O-])O.[Ca+2].[SiH4]. The Morgan fingerprint density at radius 2 is 0.647 bits per heavy atom. The van der Waals surface area contributed by atoms with Crippen LogP contribution in [0.1, 0.15) is 0 Å². The van der Waals surface area contributed by atoms with E-state index < -0.39 is 23.5 Å². The third kappa shape index (κ3) is 1360. The van der Waals surface area contributed by atoms with Crippen molar-refractivity contribution >= 4 is 72.2 Å². The van der Waals surface area contributed by atoms with E-state index in [2.05, 4.69) is 0 Å². The first-order valence-electron chi connectivity index (χ1n) is 2.31. The Morgan fingerprint density at radius 3 is 0.647 bits per heavy atom. The molecule has 0 aliphatic heterocycles. The zero-order chi connectivity index (χ0) is 13.5. The normalized spacial score (nSPS) is 10.4. The van der Waals surface area contributed by atoms with Gasteiger partial charge >= 0.3 is 53.4 Å². The van der Waals surface area contributed by atoms with Crippen molar-refractivity contribution in [3.63, 3.8) is 0 Å². The van der Waals surface area contributed by atoms with E-state index in [4.69, 9.17) is 57.7 Å². The zero-order valence-electron chi connectivity index (χ0n) is 7.22. The second-order valence-corrected chi connectivity index (χ2v) is 4.49. The van der Waals surface area contributed by atoms with Crippen LogP contribution in [0.5, 0.6) is 0 Å². The van der Waals surface area contributed by atoms with Crippen LogP contribution >= 0.6 is 23.5 Å². The average molecular weight is 364 g/mol. The molecule has 0 unspecified atom stereocenters. The van der Waals surface area contributed by atoms with Gasteiger partial charge in [-0.15, -0.1) is 0 Å². The predicted octanol–water partition coefficient (Wildman–Crippen LogP) is -5.88. The van der Waals surface area contributed by atoms with Crippen LogP contribution in [-0.2, 0) is 13.7 Å². The first-order valence-corrected chi connectivity index (χ1v) is 6.94. The van der Waals surface area contributed by atoms with Crippen molar-refractivity contribution in [2.24, 2.45) is 0 Å². The molecule has 0 aromatic carbocycles. The molecule has 0 spiro atoms. The van der Waals surface area contributed by atoms with E-state index in [1.54, 1.807) is 0 Å². The largest absolute Gasteiger partial charge is 2.00 e. The molecule has 17 heavy (non-hydrogen) atoms. The maximum Gasteiger partial charge on any atom is 2.00 e. The molecule has 104 valence electrons. The number of phosphoric acid groups is 3. The standard InChI is InChI=1S/Ca.3H3O4P.H4Si/c;3*1-5(2,3)4;/h;3*(H3,1,2,3,4);1H4/q+2;;;;/p-2. The van der Waals surface area contributed by atoms with Crippen molar-refractivity contribution in [3.05, 3.63) is 0 Å². The zero-order valence-corrected chi connectivity index (χ0v) is 12.1. The van der Waals surface area contributed by atoms with E-state index >= 15 is 0 Å².